The van der Waals surface area contributed by atoms with Gasteiger partial charge in [0.15, 0.2) is 11.5 Å². The highest BCUT2D eigenvalue weighted by Crippen LogP contribution is 2.43. The second-order valence-electron chi connectivity index (χ2n) is 8.30. The van der Waals surface area contributed by atoms with Crippen molar-refractivity contribution in [1.29, 1.82) is 0 Å². The Bertz CT molecular complexity index is 1420. The van der Waals surface area contributed by atoms with E-state index in [1.54, 1.807) is 16.8 Å². The summed E-state index contributed by atoms with van der Waals surface area (Å²) in [5.41, 5.74) is 1.76. The maximum absolute atomic E-state index is 15.4. The summed E-state index contributed by atoms with van der Waals surface area (Å²) in [6.07, 6.45) is 4.19. The number of hydrogen-bond donors (Lipinski definition) is 3. The van der Waals surface area contributed by atoms with Crippen LogP contribution in [0.25, 0.3) is 27.8 Å². The van der Waals surface area contributed by atoms with Crippen LogP contribution in [-0.4, -0.2) is 54.5 Å². The van der Waals surface area contributed by atoms with E-state index in [1.165, 1.54) is 12.4 Å². The van der Waals surface area contributed by atoms with E-state index in [0.29, 0.717) is 27.8 Å². The Morgan fingerprint density at radius 2 is 2.15 bits per heavy atom. The predicted octanol–water partition coefficient (Wildman–Crippen LogP) is 3.18. The second kappa shape index (κ2) is 7.44. The Kier molecular flexibility index (Phi) is 4.61. The van der Waals surface area contributed by atoms with Crippen LogP contribution in [0.3, 0.4) is 0 Å². The first-order chi connectivity index (χ1) is 15.9. The SMILES string of the molecule is O=C(Nc1cn2cc(-c3c(Cl)c(F)c(C4CC(O)CO4)c4[nH]ncc34)ncc2n1)C1CC1F. The quantitative estimate of drug-likeness (QED) is 0.418. The molecule has 1 aliphatic heterocycles. The molecule has 170 valence electrons. The van der Waals surface area contributed by atoms with Gasteiger partial charge in [0, 0.05) is 29.1 Å². The van der Waals surface area contributed by atoms with Crippen molar-refractivity contribution in [2.24, 2.45) is 5.92 Å². The smallest absolute Gasteiger partial charge is 0.231 e. The van der Waals surface area contributed by atoms with Crippen LogP contribution in [0.1, 0.15) is 24.5 Å². The first kappa shape index (κ1) is 20.5. The molecule has 12 heteroatoms. The third kappa shape index (κ3) is 3.35. The lowest BCUT2D eigenvalue weighted by molar-refractivity contribution is -0.117. The number of alkyl halides is 1. The van der Waals surface area contributed by atoms with Crippen LogP contribution in [0, 0.1) is 11.7 Å². The van der Waals surface area contributed by atoms with Crippen molar-refractivity contribution < 1.29 is 23.4 Å². The van der Waals surface area contributed by atoms with Gasteiger partial charge in [-0.15, -0.1) is 0 Å². The zero-order chi connectivity index (χ0) is 22.9. The number of amides is 1. The van der Waals surface area contributed by atoms with Crippen molar-refractivity contribution in [2.45, 2.75) is 31.2 Å². The van der Waals surface area contributed by atoms with Gasteiger partial charge in [-0.25, -0.2) is 13.8 Å². The van der Waals surface area contributed by atoms with E-state index in [2.05, 4.69) is 25.5 Å². The maximum atomic E-state index is 15.4. The van der Waals surface area contributed by atoms with E-state index in [4.69, 9.17) is 16.3 Å². The summed E-state index contributed by atoms with van der Waals surface area (Å²) in [7, 11) is 0. The number of benzene rings is 1. The van der Waals surface area contributed by atoms with Crippen molar-refractivity contribution in [1.82, 2.24) is 24.6 Å². The first-order valence-corrected chi connectivity index (χ1v) is 10.7. The average molecular weight is 475 g/mol. The molecule has 33 heavy (non-hydrogen) atoms. The third-order valence-electron chi connectivity index (χ3n) is 6.02. The lowest BCUT2D eigenvalue weighted by atomic mass is 9.97. The largest absolute Gasteiger partial charge is 0.391 e. The van der Waals surface area contributed by atoms with Gasteiger partial charge in [0.2, 0.25) is 5.91 Å². The summed E-state index contributed by atoms with van der Waals surface area (Å²) in [6.45, 7) is 0.115. The maximum Gasteiger partial charge on any atom is 0.231 e. The highest BCUT2D eigenvalue weighted by molar-refractivity contribution is 6.35. The Balaban J connectivity index is 1.41. The Morgan fingerprint density at radius 1 is 1.33 bits per heavy atom. The van der Waals surface area contributed by atoms with E-state index in [9.17, 15) is 14.3 Å². The lowest BCUT2D eigenvalue weighted by Crippen LogP contribution is -2.15. The van der Waals surface area contributed by atoms with Crippen molar-refractivity contribution >= 4 is 39.9 Å². The number of nitrogens with zero attached hydrogens (tertiary/aromatic N) is 4. The van der Waals surface area contributed by atoms with Crippen molar-refractivity contribution in [3.63, 3.8) is 0 Å². The molecule has 4 heterocycles. The fourth-order valence-corrected chi connectivity index (χ4v) is 4.54. The topological polar surface area (TPSA) is 117 Å². The molecule has 3 aromatic heterocycles. The molecule has 0 spiro atoms. The van der Waals surface area contributed by atoms with E-state index in [0.717, 1.165) is 0 Å². The standard InChI is InChI=1S/C21H17ClF2N6O3/c22-18-16(10-3-26-29-20(10)17(19(18)24)13-1-8(31)7-33-13)12-5-30-6-14(27-15(30)4-25-12)28-21(32)9-2-11(9)23/h3-6,8-9,11,13,31H,1-2,7H2,(H,26,29)(H,28,32). The number of aliphatic hydroxyl groups excluding tert-OH is 1. The number of aliphatic hydroxyl groups is 1. The molecule has 4 aromatic rings. The molecule has 0 radical (unpaired) electrons. The van der Waals surface area contributed by atoms with E-state index >= 15 is 4.39 Å². The molecule has 1 amide bonds. The number of ether oxygens (including phenoxy) is 1. The number of nitrogens with one attached hydrogen (secondary N) is 2. The third-order valence-corrected chi connectivity index (χ3v) is 6.38. The number of rotatable bonds is 4. The van der Waals surface area contributed by atoms with Crippen molar-refractivity contribution in [3.05, 3.63) is 41.2 Å². The molecule has 4 atom stereocenters. The van der Waals surface area contributed by atoms with Crippen LogP contribution >= 0.6 is 11.6 Å². The number of aromatic nitrogens is 5. The average Bonchev–Trinajstić information content (AvgIpc) is 3.16. The molecule has 9 nitrogen and oxygen atoms in total. The molecule has 1 aromatic carbocycles. The molecule has 2 aliphatic rings. The summed E-state index contributed by atoms with van der Waals surface area (Å²) < 4.78 is 35.7. The summed E-state index contributed by atoms with van der Waals surface area (Å²) in [4.78, 5) is 20.6. The number of halogens is 3. The monoisotopic (exact) mass is 474 g/mol. The zero-order valence-corrected chi connectivity index (χ0v) is 17.7. The molecule has 4 unspecified atom stereocenters. The number of imidazole rings is 1. The zero-order valence-electron chi connectivity index (χ0n) is 16.9. The number of carbonyl (C=O) groups is 1. The lowest BCUT2D eigenvalue weighted by Gasteiger charge is -2.16. The van der Waals surface area contributed by atoms with E-state index in [-0.39, 0.29) is 35.9 Å². The van der Waals surface area contributed by atoms with Gasteiger partial charge in [0.25, 0.3) is 0 Å². The highest BCUT2D eigenvalue weighted by Gasteiger charge is 2.43. The van der Waals surface area contributed by atoms with Gasteiger partial charge in [-0.2, -0.15) is 5.10 Å². The van der Waals surface area contributed by atoms with Crippen LogP contribution < -0.4 is 5.32 Å². The Hall–Kier alpha value is -3.15. The first-order valence-electron chi connectivity index (χ1n) is 10.3. The van der Waals surface area contributed by atoms with Gasteiger partial charge in [-0.1, -0.05) is 11.6 Å². The van der Waals surface area contributed by atoms with Gasteiger partial charge < -0.3 is 19.6 Å². The minimum Gasteiger partial charge on any atom is -0.391 e. The van der Waals surface area contributed by atoms with Gasteiger partial charge in [0.1, 0.15) is 12.0 Å². The molecular formula is C21H17ClF2N6O3. The molecule has 1 saturated heterocycles. The predicted molar refractivity (Wildman–Crippen MR) is 114 cm³/mol. The number of carbonyl (C=O) groups excluding carboxylic acids is 1. The molecule has 1 aliphatic carbocycles. The van der Waals surface area contributed by atoms with Gasteiger partial charge >= 0.3 is 0 Å². The fourth-order valence-electron chi connectivity index (χ4n) is 4.24. The number of anilines is 1. The second-order valence-corrected chi connectivity index (χ2v) is 8.68. The van der Waals surface area contributed by atoms with E-state index < -0.39 is 36.0 Å². The summed E-state index contributed by atoms with van der Waals surface area (Å²) >= 11 is 6.47. The van der Waals surface area contributed by atoms with Crippen LogP contribution in [-0.2, 0) is 9.53 Å². The minimum absolute atomic E-state index is 0.115. The molecule has 2 fully saturated rings. The number of fused-ring (bicyclic) bond motifs is 2. The summed E-state index contributed by atoms with van der Waals surface area (Å²) in [5, 5.41) is 19.7. The number of H-pyrrole nitrogens is 1. The molecule has 3 N–H and O–H groups in total. The van der Waals surface area contributed by atoms with Gasteiger partial charge in [-0.3, -0.25) is 14.9 Å². The van der Waals surface area contributed by atoms with Crippen LogP contribution in [0.2, 0.25) is 5.02 Å². The minimum atomic E-state index is -1.11. The summed E-state index contributed by atoms with van der Waals surface area (Å²) in [5.74, 6) is -1.47. The number of hydrogen-bond acceptors (Lipinski definition) is 6. The fraction of sp³-hybridized carbons (Fsp3) is 0.333. The van der Waals surface area contributed by atoms with Crippen LogP contribution in [0.4, 0.5) is 14.6 Å². The van der Waals surface area contributed by atoms with Crippen molar-refractivity contribution in [2.75, 3.05) is 11.9 Å². The Morgan fingerprint density at radius 3 is 2.88 bits per heavy atom. The van der Waals surface area contributed by atoms with Crippen molar-refractivity contribution in [3.8, 4) is 11.3 Å². The molecule has 0 bridgehead atoms. The van der Waals surface area contributed by atoms with Crippen LogP contribution in [0.15, 0.2) is 24.8 Å². The number of aromatic amines is 1. The molecule has 6 rings (SSSR count). The molecular weight excluding hydrogens is 458 g/mol. The van der Waals surface area contributed by atoms with Gasteiger partial charge in [-0.05, 0) is 6.42 Å². The highest BCUT2D eigenvalue weighted by atomic mass is 35.5. The normalized spacial score (nSPS) is 24.6. The molecule has 1 saturated carbocycles. The van der Waals surface area contributed by atoms with Crippen LogP contribution in [0.5, 0.6) is 0 Å². The van der Waals surface area contributed by atoms with E-state index in [1.807, 2.05) is 0 Å². The summed E-state index contributed by atoms with van der Waals surface area (Å²) in [6, 6.07) is 0. The Labute approximate surface area is 189 Å². The van der Waals surface area contributed by atoms with Gasteiger partial charge in [0.05, 0.1) is 59.6 Å².